The smallest absolute Gasteiger partial charge is 0.0591 e. The zero-order chi connectivity index (χ0) is 6.95. The summed E-state index contributed by atoms with van der Waals surface area (Å²) in [7, 11) is 0. The molecule has 3 nitrogen and oxygen atoms in total. The molecule has 0 spiro atoms. The van der Waals surface area contributed by atoms with Gasteiger partial charge in [-0.1, -0.05) is 0 Å². The van der Waals surface area contributed by atoms with Gasteiger partial charge in [0.2, 0.25) is 0 Å². The van der Waals surface area contributed by atoms with Gasteiger partial charge in [0.1, 0.15) is 0 Å². The quantitative estimate of drug-likeness (QED) is 0.452. The third kappa shape index (κ3) is 11.6. The first-order valence-electron chi connectivity index (χ1n) is 3.31. The number of hydrogen-bond acceptors (Lipinski definition) is 3. The summed E-state index contributed by atoms with van der Waals surface area (Å²) in [6.45, 7) is 5.76. The molecule has 57 valence electrons. The summed E-state index contributed by atoms with van der Waals surface area (Å²) in [6.07, 6.45) is 0. The molecule has 10 heavy (non-hydrogen) atoms. The average molecular weight is 156 g/mol. The Kier molecular flexibility index (Phi) is 16.9. The summed E-state index contributed by atoms with van der Waals surface area (Å²) in [4.78, 5) is 0. The van der Waals surface area contributed by atoms with E-state index in [1.807, 2.05) is 0 Å². The number of morpholine rings is 1. The SMILES string of the molecule is C1COCCN1.CCO.[Na]. The summed E-state index contributed by atoms with van der Waals surface area (Å²) in [5.74, 6) is 0. The minimum Gasteiger partial charge on any atom is -0.397 e. The Hall–Kier alpha value is 0.880. The van der Waals surface area contributed by atoms with Crippen molar-refractivity contribution in [1.82, 2.24) is 5.32 Å². The van der Waals surface area contributed by atoms with Crippen LogP contribution in [0, 0.1) is 0 Å². The largest absolute Gasteiger partial charge is 0.397 e. The maximum absolute atomic E-state index is 7.57. The average Bonchev–Trinajstić information content (AvgIpc) is 1.93. The van der Waals surface area contributed by atoms with E-state index < -0.39 is 0 Å². The van der Waals surface area contributed by atoms with Gasteiger partial charge < -0.3 is 15.2 Å². The summed E-state index contributed by atoms with van der Waals surface area (Å²) < 4.78 is 5.01. The van der Waals surface area contributed by atoms with Crippen LogP contribution in [0.4, 0.5) is 0 Å². The van der Waals surface area contributed by atoms with Gasteiger partial charge in [0.25, 0.3) is 0 Å². The fraction of sp³-hybridized carbons (Fsp3) is 1.00. The van der Waals surface area contributed by atoms with Crippen LogP contribution in [0.15, 0.2) is 0 Å². The Balaban J connectivity index is 0. The minimum atomic E-state index is 0. The van der Waals surface area contributed by atoms with Crippen molar-refractivity contribution in [1.29, 1.82) is 0 Å². The number of ether oxygens (including phenoxy) is 1. The summed E-state index contributed by atoms with van der Waals surface area (Å²) in [6, 6.07) is 0. The number of nitrogens with one attached hydrogen (secondary N) is 1. The van der Waals surface area contributed by atoms with Crippen molar-refractivity contribution in [2.75, 3.05) is 32.9 Å². The van der Waals surface area contributed by atoms with Crippen molar-refractivity contribution < 1.29 is 9.84 Å². The summed E-state index contributed by atoms with van der Waals surface area (Å²) >= 11 is 0. The van der Waals surface area contributed by atoms with Crippen LogP contribution in [0.25, 0.3) is 0 Å². The first-order chi connectivity index (χ1) is 4.41. The molecule has 1 heterocycles. The van der Waals surface area contributed by atoms with Gasteiger partial charge in [-0.25, -0.2) is 0 Å². The van der Waals surface area contributed by atoms with Gasteiger partial charge in [0.05, 0.1) is 13.2 Å². The Bertz CT molecular complexity index is 39.5. The Morgan fingerprint density at radius 1 is 1.40 bits per heavy atom. The topological polar surface area (TPSA) is 41.5 Å². The van der Waals surface area contributed by atoms with Crippen molar-refractivity contribution in [2.24, 2.45) is 0 Å². The van der Waals surface area contributed by atoms with E-state index >= 15 is 0 Å². The molecule has 0 aromatic heterocycles. The molecule has 0 aromatic carbocycles. The van der Waals surface area contributed by atoms with E-state index in [2.05, 4.69) is 5.32 Å². The minimum absolute atomic E-state index is 0. The number of hydrogen-bond donors (Lipinski definition) is 2. The molecule has 0 unspecified atom stereocenters. The van der Waals surface area contributed by atoms with Crippen molar-refractivity contribution in [2.45, 2.75) is 6.92 Å². The van der Waals surface area contributed by atoms with Crippen molar-refractivity contribution in [3.8, 4) is 0 Å². The van der Waals surface area contributed by atoms with Crippen LogP contribution in [-0.2, 0) is 4.74 Å². The molecule has 0 bridgehead atoms. The molecular formula is C6H15NNaO2. The van der Waals surface area contributed by atoms with Crippen LogP contribution < -0.4 is 5.32 Å². The second kappa shape index (κ2) is 12.5. The number of rotatable bonds is 0. The predicted molar refractivity (Wildman–Crippen MR) is 42.2 cm³/mol. The maximum Gasteiger partial charge on any atom is 0.0591 e. The van der Waals surface area contributed by atoms with E-state index in [4.69, 9.17) is 9.84 Å². The first kappa shape index (κ1) is 13.5. The molecule has 0 aliphatic carbocycles. The van der Waals surface area contributed by atoms with Crippen LogP contribution in [0.3, 0.4) is 0 Å². The molecule has 1 saturated heterocycles. The standard InChI is InChI=1S/C4H9NO.C2H6O.Na/c1-3-6-4-2-5-1;1-2-3;/h5H,1-4H2;3H,2H2,1H3;. The molecule has 1 rings (SSSR count). The van der Waals surface area contributed by atoms with Gasteiger partial charge in [0.15, 0.2) is 0 Å². The molecule has 2 N–H and O–H groups in total. The van der Waals surface area contributed by atoms with Crippen molar-refractivity contribution >= 4 is 29.6 Å². The normalized spacial score (nSPS) is 16.2. The zero-order valence-electron chi connectivity index (χ0n) is 6.89. The van der Waals surface area contributed by atoms with E-state index in [0.717, 1.165) is 26.3 Å². The molecule has 0 aromatic rings. The van der Waals surface area contributed by atoms with Crippen LogP contribution >= 0.6 is 0 Å². The summed E-state index contributed by atoms with van der Waals surface area (Å²) in [5, 5.41) is 10.7. The second-order valence-corrected chi connectivity index (χ2v) is 1.68. The first-order valence-corrected chi connectivity index (χ1v) is 3.31. The van der Waals surface area contributed by atoms with Crippen LogP contribution in [0.5, 0.6) is 0 Å². The zero-order valence-corrected chi connectivity index (χ0v) is 8.89. The fourth-order valence-corrected chi connectivity index (χ4v) is 0.516. The molecule has 0 amide bonds. The molecule has 0 atom stereocenters. The molecule has 1 fully saturated rings. The van der Waals surface area contributed by atoms with Crippen LogP contribution in [0.1, 0.15) is 6.92 Å². The molecule has 1 aliphatic heterocycles. The van der Waals surface area contributed by atoms with Gasteiger partial charge in [-0.05, 0) is 6.92 Å². The fourth-order valence-electron chi connectivity index (χ4n) is 0.516. The van der Waals surface area contributed by atoms with E-state index in [-0.39, 0.29) is 36.2 Å². The molecule has 0 saturated carbocycles. The van der Waals surface area contributed by atoms with Gasteiger partial charge in [-0.3, -0.25) is 0 Å². The summed E-state index contributed by atoms with van der Waals surface area (Å²) in [5.41, 5.74) is 0. The monoisotopic (exact) mass is 156 g/mol. The Morgan fingerprint density at radius 3 is 1.90 bits per heavy atom. The Morgan fingerprint density at radius 2 is 1.80 bits per heavy atom. The van der Waals surface area contributed by atoms with Gasteiger partial charge in [-0.15, -0.1) is 0 Å². The third-order valence-electron chi connectivity index (χ3n) is 0.846. The maximum atomic E-state index is 7.57. The van der Waals surface area contributed by atoms with Crippen LogP contribution in [-0.4, -0.2) is 67.6 Å². The molecular weight excluding hydrogens is 141 g/mol. The van der Waals surface area contributed by atoms with Gasteiger partial charge >= 0.3 is 0 Å². The van der Waals surface area contributed by atoms with E-state index in [9.17, 15) is 0 Å². The molecule has 1 aliphatic rings. The number of aliphatic hydroxyl groups is 1. The van der Waals surface area contributed by atoms with Crippen LogP contribution in [0.2, 0.25) is 0 Å². The molecule has 1 radical (unpaired) electrons. The predicted octanol–water partition coefficient (Wildman–Crippen LogP) is -0.776. The second-order valence-electron chi connectivity index (χ2n) is 1.68. The van der Waals surface area contributed by atoms with Gasteiger partial charge in [-0.2, -0.15) is 0 Å². The third-order valence-corrected chi connectivity index (χ3v) is 0.846. The number of aliphatic hydroxyl groups excluding tert-OH is 1. The van der Waals surface area contributed by atoms with E-state index in [0.29, 0.717) is 0 Å². The molecule has 4 heteroatoms. The van der Waals surface area contributed by atoms with E-state index in [1.165, 1.54) is 0 Å². The van der Waals surface area contributed by atoms with Crippen molar-refractivity contribution in [3.05, 3.63) is 0 Å². The van der Waals surface area contributed by atoms with Crippen molar-refractivity contribution in [3.63, 3.8) is 0 Å². The van der Waals surface area contributed by atoms with Gasteiger partial charge in [0, 0.05) is 49.3 Å². The van der Waals surface area contributed by atoms with E-state index in [1.54, 1.807) is 6.92 Å². The Labute approximate surface area is 84.4 Å².